The standard InChI is InChI=1S/C16H12F3N3S/c17-16(18,19)14-13(23)15(20)22-12(21-14)8-9-5-6-10-3-1-2-4-11(10)7-9/h1-7,15H,8,20H2. The fourth-order valence-corrected chi connectivity index (χ4v) is 2.61. The number of hydrogen-bond donors (Lipinski definition) is 1. The van der Waals surface area contributed by atoms with E-state index >= 15 is 0 Å². The van der Waals surface area contributed by atoms with Gasteiger partial charge in [0, 0.05) is 6.42 Å². The fourth-order valence-electron chi connectivity index (χ4n) is 2.39. The summed E-state index contributed by atoms with van der Waals surface area (Å²) in [7, 11) is 0. The molecule has 3 rings (SSSR count). The summed E-state index contributed by atoms with van der Waals surface area (Å²) in [5, 5.41) is 2.06. The molecule has 2 aromatic rings. The lowest BCUT2D eigenvalue weighted by molar-refractivity contribution is -0.0566. The summed E-state index contributed by atoms with van der Waals surface area (Å²) in [6.07, 6.45) is -5.64. The molecule has 0 aromatic heterocycles. The lowest BCUT2D eigenvalue weighted by Crippen LogP contribution is -2.44. The Morgan fingerprint density at radius 2 is 1.78 bits per heavy atom. The molecule has 0 amide bonds. The zero-order chi connectivity index (χ0) is 16.6. The van der Waals surface area contributed by atoms with Crippen LogP contribution in [0.1, 0.15) is 5.56 Å². The number of rotatable bonds is 2. The summed E-state index contributed by atoms with van der Waals surface area (Å²) >= 11 is 4.70. The molecule has 0 radical (unpaired) electrons. The van der Waals surface area contributed by atoms with E-state index in [0.717, 1.165) is 16.3 Å². The summed E-state index contributed by atoms with van der Waals surface area (Å²) < 4.78 is 38.9. The van der Waals surface area contributed by atoms with Crippen LogP contribution < -0.4 is 5.73 Å². The number of fused-ring (bicyclic) bond motifs is 1. The normalized spacial score (nSPS) is 18.8. The van der Waals surface area contributed by atoms with Gasteiger partial charge in [-0.25, -0.2) is 9.98 Å². The molecule has 1 unspecified atom stereocenters. The van der Waals surface area contributed by atoms with Crippen LogP contribution in [0.3, 0.4) is 0 Å². The maximum atomic E-state index is 13.0. The van der Waals surface area contributed by atoms with Gasteiger partial charge in [0.25, 0.3) is 0 Å². The third-order valence-electron chi connectivity index (χ3n) is 3.48. The van der Waals surface area contributed by atoms with Crippen molar-refractivity contribution in [2.75, 3.05) is 0 Å². The Kier molecular flexibility index (Phi) is 3.99. The molecule has 1 aliphatic rings. The largest absolute Gasteiger partial charge is 0.434 e. The summed E-state index contributed by atoms with van der Waals surface area (Å²) in [6, 6.07) is 13.4. The Morgan fingerprint density at radius 3 is 2.48 bits per heavy atom. The Morgan fingerprint density at radius 1 is 1.09 bits per heavy atom. The van der Waals surface area contributed by atoms with Gasteiger partial charge >= 0.3 is 6.18 Å². The van der Waals surface area contributed by atoms with Crippen molar-refractivity contribution in [2.24, 2.45) is 15.7 Å². The maximum Gasteiger partial charge on any atom is 0.434 e. The number of hydrogen-bond acceptors (Lipinski definition) is 4. The first kappa shape index (κ1) is 15.8. The predicted molar refractivity (Wildman–Crippen MR) is 89.2 cm³/mol. The van der Waals surface area contributed by atoms with E-state index < -0.39 is 22.9 Å². The number of aliphatic imine (C=N–C) groups is 2. The van der Waals surface area contributed by atoms with Gasteiger partial charge in [-0.05, 0) is 16.3 Å². The Balaban J connectivity index is 1.93. The van der Waals surface area contributed by atoms with Crippen molar-refractivity contribution in [2.45, 2.75) is 18.8 Å². The average molecular weight is 335 g/mol. The molecular weight excluding hydrogens is 323 g/mol. The second-order valence-electron chi connectivity index (χ2n) is 5.17. The minimum atomic E-state index is -4.63. The second-order valence-corrected chi connectivity index (χ2v) is 5.61. The molecule has 0 aliphatic carbocycles. The molecular formula is C16H12F3N3S. The van der Waals surface area contributed by atoms with Crippen LogP contribution in [-0.2, 0) is 6.42 Å². The van der Waals surface area contributed by atoms with Crippen molar-refractivity contribution in [1.82, 2.24) is 0 Å². The first-order valence-corrected chi connectivity index (χ1v) is 7.25. The van der Waals surface area contributed by atoms with E-state index in [4.69, 9.17) is 18.0 Å². The number of thiocarbonyl (C=S) groups is 1. The minimum absolute atomic E-state index is 0.0358. The van der Waals surface area contributed by atoms with Crippen LogP contribution in [0, 0.1) is 0 Å². The summed E-state index contributed by atoms with van der Waals surface area (Å²) in [4.78, 5) is 7.08. The second kappa shape index (κ2) is 5.82. The highest BCUT2D eigenvalue weighted by atomic mass is 32.1. The lowest BCUT2D eigenvalue weighted by atomic mass is 10.0. The van der Waals surface area contributed by atoms with Crippen LogP contribution in [0.5, 0.6) is 0 Å². The van der Waals surface area contributed by atoms with Crippen molar-refractivity contribution < 1.29 is 13.2 Å². The molecule has 1 atom stereocenters. The third kappa shape index (κ3) is 3.30. The van der Waals surface area contributed by atoms with Gasteiger partial charge in [-0.2, -0.15) is 13.2 Å². The van der Waals surface area contributed by atoms with Gasteiger partial charge in [-0.3, -0.25) is 0 Å². The van der Waals surface area contributed by atoms with E-state index in [0.29, 0.717) is 0 Å². The zero-order valence-corrected chi connectivity index (χ0v) is 12.7. The van der Waals surface area contributed by atoms with Gasteiger partial charge < -0.3 is 5.73 Å². The van der Waals surface area contributed by atoms with E-state index in [9.17, 15) is 13.2 Å². The van der Waals surface area contributed by atoms with Crippen LogP contribution in [-0.4, -0.2) is 28.8 Å². The van der Waals surface area contributed by atoms with E-state index in [2.05, 4.69) is 9.98 Å². The molecule has 1 heterocycles. The molecule has 1 aliphatic heterocycles. The SMILES string of the molecule is NC1N=C(Cc2ccc3ccccc3c2)N=C(C(F)(F)F)C1=S. The van der Waals surface area contributed by atoms with Crippen LogP contribution in [0.25, 0.3) is 10.8 Å². The topological polar surface area (TPSA) is 50.7 Å². The third-order valence-corrected chi connectivity index (χ3v) is 3.91. The van der Waals surface area contributed by atoms with E-state index in [1.807, 2.05) is 42.5 Å². The molecule has 3 nitrogen and oxygen atoms in total. The molecule has 23 heavy (non-hydrogen) atoms. The van der Waals surface area contributed by atoms with Crippen LogP contribution >= 0.6 is 12.2 Å². The molecule has 0 spiro atoms. The first-order valence-electron chi connectivity index (χ1n) is 6.84. The van der Waals surface area contributed by atoms with Crippen LogP contribution in [0.15, 0.2) is 52.4 Å². The molecule has 0 bridgehead atoms. The predicted octanol–water partition coefficient (Wildman–Crippen LogP) is 3.45. The monoisotopic (exact) mass is 335 g/mol. The lowest BCUT2D eigenvalue weighted by Gasteiger charge is -2.20. The maximum absolute atomic E-state index is 13.0. The number of amidine groups is 1. The van der Waals surface area contributed by atoms with Crippen LogP contribution in [0.2, 0.25) is 0 Å². The van der Waals surface area contributed by atoms with Gasteiger partial charge in [-0.1, -0.05) is 54.7 Å². The molecule has 2 aromatic carbocycles. The van der Waals surface area contributed by atoms with Gasteiger partial charge in [0.15, 0.2) is 5.71 Å². The molecule has 0 saturated carbocycles. The van der Waals surface area contributed by atoms with Gasteiger partial charge in [0.05, 0.1) is 4.86 Å². The average Bonchev–Trinajstić information content (AvgIpc) is 2.49. The highest BCUT2D eigenvalue weighted by Crippen LogP contribution is 2.23. The van der Waals surface area contributed by atoms with Gasteiger partial charge in [0.2, 0.25) is 0 Å². The van der Waals surface area contributed by atoms with E-state index in [-0.39, 0.29) is 12.3 Å². The van der Waals surface area contributed by atoms with E-state index in [1.165, 1.54) is 0 Å². The number of benzene rings is 2. The van der Waals surface area contributed by atoms with Gasteiger partial charge in [-0.15, -0.1) is 0 Å². The Labute approximate surface area is 135 Å². The van der Waals surface area contributed by atoms with Crippen molar-refractivity contribution >= 4 is 39.4 Å². The smallest absolute Gasteiger partial charge is 0.305 e. The molecule has 0 saturated heterocycles. The van der Waals surface area contributed by atoms with Crippen molar-refractivity contribution in [1.29, 1.82) is 0 Å². The molecule has 7 heteroatoms. The number of nitrogens with zero attached hydrogens (tertiary/aromatic N) is 2. The van der Waals surface area contributed by atoms with Crippen LogP contribution in [0.4, 0.5) is 13.2 Å². The quantitative estimate of drug-likeness (QED) is 0.855. The summed E-state index contributed by atoms with van der Waals surface area (Å²) in [5.74, 6) is 0.0358. The highest BCUT2D eigenvalue weighted by molar-refractivity contribution is 7.82. The van der Waals surface area contributed by atoms with Crippen molar-refractivity contribution in [3.05, 3.63) is 48.0 Å². The first-order chi connectivity index (χ1) is 10.8. The fraction of sp³-hybridized carbons (Fsp3) is 0.188. The number of nitrogens with two attached hydrogens (primary N) is 1. The highest BCUT2D eigenvalue weighted by Gasteiger charge is 2.42. The summed E-state index contributed by atoms with van der Waals surface area (Å²) in [5.41, 5.74) is 5.28. The Bertz CT molecular complexity index is 840. The van der Waals surface area contributed by atoms with E-state index in [1.54, 1.807) is 0 Å². The Hall–Kier alpha value is -2.12. The number of halogens is 3. The molecule has 0 fully saturated rings. The van der Waals surface area contributed by atoms with Crippen molar-refractivity contribution in [3.8, 4) is 0 Å². The summed E-state index contributed by atoms with van der Waals surface area (Å²) in [6.45, 7) is 0. The minimum Gasteiger partial charge on any atom is -0.305 e. The zero-order valence-electron chi connectivity index (χ0n) is 11.8. The molecule has 2 N–H and O–H groups in total. The molecule has 118 valence electrons. The van der Waals surface area contributed by atoms with Crippen molar-refractivity contribution in [3.63, 3.8) is 0 Å². The number of alkyl halides is 3. The van der Waals surface area contributed by atoms with Gasteiger partial charge in [0.1, 0.15) is 12.0 Å².